The number of hydrogen-bond acceptors (Lipinski definition) is 4. The van der Waals surface area contributed by atoms with E-state index in [4.69, 9.17) is 20.8 Å². The van der Waals surface area contributed by atoms with Gasteiger partial charge in [-0.25, -0.2) is 0 Å². The van der Waals surface area contributed by atoms with Crippen LogP contribution in [0.4, 0.5) is 5.69 Å². The summed E-state index contributed by atoms with van der Waals surface area (Å²) >= 11 is 6.20. The Hall–Kier alpha value is -3.51. The molecule has 2 aromatic carbocycles. The summed E-state index contributed by atoms with van der Waals surface area (Å²) in [7, 11) is 0. The molecule has 158 valence electrons. The van der Waals surface area contributed by atoms with E-state index in [1.54, 1.807) is 29.2 Å². The van der Waals surface area contributed by atoms with Crippen molar-refractivity contribution in [3.8, 4) is 5.75 Å². The largest absolute Gasteiger partial charge is 0.485 e. The number of carbonyl (C=O) groups excluding carboxylic acids is 1. The topological polar surface area (TPSA) is 69.3 Å². The minimum atomic E-state index is -0.351. The Labute approximate surface area is 185 Å². The lowest BCUT2D eigenvalue weighted by atomic mass is 10.1. The van der Waals surface area contributed by atoms with E-state index in [0.717, 1.165) is 22.4 Å². The first-order chi connectivity index (χ1) is 15.0. The van der Waals surface area contributed by atoms with E-state index < -0.39 is 0 Å². The Morgan fingerprint density at radius 1 is 1.10 bits per heavy atom. The van der Waals surface area contributed by atoms with Gasteiger partial charge in [0.15, 0.2) is 5.76 Å². The van der Waals surface area contributed by atoms with E-state index in [0.29, 0.717) is 23.0 Å². The third kappa shape index (κ3) is 4.98. The number of hydrogen-bond donors (Lipinski definition) is 1. The molecule has 7 heteroatoms. The number of carbonyl (C=O) groups is 1. The molecule has 4 aromatic rings. The quantitative estimate of drug-likeness (QED) is 0.408. The van der Waals surface area contributed by atoms with Crippen LogP contribution in [0.5, 0.6) is 5.75 Å². The predicted molar refractivity (Wildman–Crippen MR) is 120 cm³/mol. The summed E-state index contributed by atoms with van der Waals surface area (Å²) in [6, 6.07) is 16.9. The Morgan fingerprint density at radius 3 is 2.65 bits per heavy atom. The minimum Gasteiger partial charge on any atom is -0.485 e. The van der Waals surface area contributed by atoms with Crippen molar-refractivity contribution >= 4 is 23.2 Å². The van der Waals surface area contributed by atoms with Crippen molar-refractivity contribution in [1.82, 2.24) is 9.78 Å². The van der Waals surface area contributed by atoms with Crippen molar-refractivity contribution in [1.29, 1.82) is 0 Å². The summed E-state index contributed by atoms with van der Waals surface area (Å²) < 4.78 is 13.3. The van der Waals surface area contributed by atoms with Crippen molar-refractivity contribution in [3.05, 3.63) is 100 Å². The van der Waals surface area contributed by atoms with Gasteiger partial charge in [0.25, 0.3) is 5.91 Å². The normalized spacial score (nSPS) is 10.8. The van der Waals surface area contributed by atoms with Crippen LogP contribution in [0, 0.1) is 13.8 Å². The highest BCUT2D eigenvalue weighted by Gasteiger charge is 2.14. The van der Waals surface area contributed by atoms with Crippen LogP contribution < -0.4 is 10.1 Å². The maximum absolute atomic E-state index is 12.5. The molecule has 4 rings (SSSR count). The average Bonchev–Trinajstić information content (AvgIpc) is 3.39. The lowest BCUT2D eigenvalue weighted by Crippen LogP contribution is -2.10. The summed E-state index contributed by atoms with van der Waals surface area (Å²) in [6.07, 6.45) is 3.33. The van der Waals surface area contributed by atoms with Crippen molar-refractivity contribution < 1.29 is 13.9 Å². The molecular weight excluding hydrogens is 414 g/mol. The molecule has 0 atom stereocenters. The summed E-state index contributed by atoms with van der Waals surface area (Å²) in [5.41, 5.74) is 3.63. The van der Waals surface area contributed by atoms with Gasteiger partial charge in [-0.1, -0.05) is 48.0 Å². The summed E-state index contributed by atoms with van der Waals surface area (Å²) in [6.45, 7) is 4.75. The molecular formula is C24H22ClN3O3. The predicted octanol–water partition coefficient (Wildman–Crippen LogP) is 5.63. The van der Waals surface area contributed by atoms with Crippen molar-refractivity contribution in [3.63, 3.8) is 0 Å². The molecule has 0 unspecified atom stereocenters. The number of para-hydroxylation sites is 1. The second kappa shape index (κ2) is 9.10. The van der Waals surface area contributed by atoms with Gasteiger partial charge in [-0.05, 0) is 48.7 Å². The second-order valence-electron chi connectivity index (χ2n) is 7.25. The molecule has 0 aliphatic rings. The monoisotopic (exact) mass is 435 g/mol. The number of nitrogens with one attached hydrogen (secondary N) is 1. The van der Waals surface area contributed by atoms with Crippen molar-refractivity contribution in [2.45, 2.75) is 27.0 Å². The standard InChI is InChI=1S/C24H22ClN3O3/c1-16-6-5-7-17(2)23(16)30-15-20-10-11-22(31-20)24(29)27-19-12-26-28(14-19)13-18-8-3-4-9-21(18)25/h3-12,14H,13,15H2,1-2H3,(H,27,29). The summed E-state index contributed by atoms with van der Waals surface area (Å²) in [4.78, 5) is 12.5. The first kappa shape index (κ1) is 20.8. The van der Waals surface area contributed by atoms with Crippen molar-refractivity contribution in [2.75, 3.05) is 5.32 Å². The molecule has 31 heavy (non-hydrogen) atoms. The molecule has 0 aliphatic carbocycles. The maximum atomic E-state index is 12.5. The Bertz CT molecular complexity index is 1190. The fraction of sp³-hybridized carbons (Fsp3) is 0.167. The number of rotatable bonds is 7. The van der Waals surface area contributed by atoms with Gasteiger partial charge in [-0.2, -0.15) is 5.10 Å². The zero-order chi connectivity index (χ0) is 21.8. The average molecular weight is 436 g/mol. The zero-order valence-corrected chi connectivity index (χ0v) is 18.0. The van der Waals surface area contributed by atoms with Gasteiger partial charge < -0.3 is 14.5 Å². The molecule has 1 N–H and O–H groups in total. The molecule has 0 aliphatic heterocycles. The van der Waals surface area contributed by atoms with Crippen LogP contribution in [-0.2, 0) is 13.2 Å². The molecule has 0 fully saturated rings. The van der Waals surface area contributed by atoms with Crippen molar-refractivity contribution in [2.24, 2.45) is 0 Å². The third-order valence-corrected chi connectivity index (χ3v) is 5.20. The number of amides is 1. The molecule has 1 amide bonds. The van der Waals surface area contributed by atoms with Gasteiger partial charge in [0.05, 0.1) is 18.4 Å². The fourth-order valence-electron chi connectivity index (χ4n) is 3.26. The molecule has 0 spiro atoms. The fourth-order valence-corrected chi connectivity index (χ4v) is 3.45. The number of aromatic nitrogens is 2. The number of furan rings is 1. The first-order valence-electron chi connectivity index (χ1n) is 9.84. The molecule has 6 nitrogen and oxygen atoms in total. The lowest BCUT2D eigenvalue weighted by molar-refractivity contribution is 0.0992. The Balaban J connectivity index is 1.36. The van der Waals surface area contributed by atoms with Crippen LogP contribution in [0.1, 0.15) is 33.0 Å². The van der Waals surface area contributed by atoms with Gasteiger partial charge in [0.2, 0.25) is 0 Å². The van der Waals surface area contributed by atoms with Crippen LogP contribution in [0.25, 0.3) is 0 Å². The van der Waals surface area contributed by atoms with Crippen LogP contribution in [0.2, 0.25) is 5.02 Å². The van der Waals surface area contributed by atoms with Crippen LogP contribution in [0.15, 0.2) is 71.4 Å². The molecule has 0 bridgehead atoms. The molecule has 2 heterocycles. The van der Waals surface area contributed by atoms with E-state index >= 15 is 0 Å². The van der Waals surface area contributed by atoms with Gasteiger partial charge in [0.1, 0.15) is 18.1 Å². The first-order valence-corrected chi connectivity index (χ1v) is 10.2. The number of benzene rings is 2. The second-order valence-corrected chi connectivity index (χ2v) is 7.65. The van der Waals surface area contributed by atoms with Crippen LogP contribution >= 0.6 is 11.6 Å². The van der Waals surface area contributed by atoms with Gasteiger partial charge in [-0.3, -0.25) is 9.48 Å². The van der Waals surface area contributed by atoms with Gasteiger partial charge >= 0.3 is 0 Å². The van der Waals surface area contributed by atoms with E-state index in [2.05, 4.69) is 10.4 Å². The molecule has 0 radical (unpaired) electrons. The van der Waals surface area contributed by atoms with Crippen LogP contribution in [-0.4, -0.2) is 15.7 Å². The third-order valence-electron chi connectivity index (χ3n) is 4.83. The van der Waals surface area contributed by atoms with E-state index in [-0.39, 0.29) is 18.3 Å². The van der Waals surface area contributed by atoms with Gasteiger partial charge in [0, 0.05) is 11.2 Å². The highest BCUT2D eigenvalue weighted by atomic mass is 35.5. The number of nitrogens with zero attached hydrogens (tertiary/aromatic N) is 2. The lowest BCUT2D eigenvalue weighted by Gasteiger charge is -2.10. The van der Waals surface area contributed by atoms with Gasteiger partial charge in [-0.15, -0.1) is 0 Å². The summed E-state index contributed by atoms with van der Waals surface area (Å²) in [5, 5.41) is 7.75. The van der Waals surface area contributed by atoms with E-state index in [1.807, 2.05) is 56.3 Å². The smallest absolute Gasteiger partial charge is 0.291 e. The SMILES string of the molecule is Cc1cccc(C)c1OCc1ccc(C(=O)Nc2cnn(Cc3ccccc3Cl)c2)o1. The minimum absolute atomic E-state index is 0.207. The number of ether oxygens (including phenoxy) is 1. The molecule has 0 saturated carbocycles. The highest BCUT2D eigenvalue weighted by molar-refractivity contribution is 6.31. The van der Waals surface area contributed by atoms with E-state index in [9.17, 15) is 4.79 Å². The highest BCUT2D eigenvalue weighted by Crippen LogP contribution is 2.24. The zero-order valence-electron chi connectivity index (χ0n) is 17.3. The van der Waals surface area contributed by atoms with E-state index in [1.165, 1.54) is 0 Å². The van der Waals surface area contributed by atoms with Crippen LogP contribution in [0.3, 0.4) is 0 Å². The Kier molecular flexibility index (Phi) is 6.09. The molecule has 0 saturated heterocycles. The maximum Gasteiger partial charge on any atom is 0.291 e. The molecule has 2 aromatic heterocycles. The number of anilines is 1. The number of aryl methyl sites for hydroxylation is 2. The number of halogens is 1. The Morgan fingerprint density at radius 2 is 1.87 bits per heavy atom. The summed E-state index contributed by atoms with van der Waals surface area (Å²) in [5.74, 6) is 1.26.